The van der Waals surface area contributed by atoms with Gasteiger partial charge in [-0.2, -0.15) is 0 Å². The van der Waals surface area contributed by atoms with Crippen molar-refractivity contribution in [1.29, 1.82) is 0 Å². The number of phenols is 1. The minimum absolute atomic E-state index is 0.0813. The van der Waals surface area contributed by atoms with E-state index in [1.165, 1.54) is 30.3 Å². The van der Waals surface area contributed by atoms with E-state index in [-0.39, 0.29) is 22.4 Å². The fourth-order valence-electron chi connectivity index (χ4n) is 1.91. The topological polar surface area (TPSA) is 55.8 Å². The third-order valence-corrected chi connectivity index (χ3v) is 2.82. The fraction of sp³-hybridized carbons (Fsp3) is 0.133. The van der Waals surface area contributed by atoms with Crippen LogP contribution in [0.15, 0.2) is 42.5 Å². The van der Waals surface area contributed by atoms with Gasteiger partial charge in [0.05, 0.1) is 7.11 Å². The molecule has 0 aromatic heterocycles. The number of benzene rings is 2. The van der Waals surface area contributed by atoms with Gasteiger partial charge in [-0.25, -0.2) is 4.79 Å². The van der Waals surface area contributed by atoms with Gasteiger partial charge in [0, 0.05) is 5.56 Å². The molecule has 7 heteroatoms. The van der Waals surface area contributed by atoms with E-state index in [0.717, 1.165) is 19.2 Å². The molecule has 0 spiro atoms. The average molecular weight is 312 g/mol. The summed E-state index contributed by atoms with van der Waals surface area (Å²) in [5, 5.41) is 10.1. The Balaban J connectivity index is 2.44. The first-order valence-electron chi connectivity index (χ1n) is 6.08. The van der Waals surface area contributed by atoms with Crippen LogP contribution in [-0.4, -0.2) is 24.5 Å². The van der Waals surface area contributed by atoms with Crippen molar-refractivity contribution >= 4 is 5.97 Å². The zero-order chi connectivity index (χ0) is 16.3. The number of rotatable bonds is 3. The van der Waals surface area contributed by atoms with Gasteiger partial charge >= 0.3 is 12.3 Å². The number of hydrogen-bond acceptors (Lipinski definition) is 4. The molecule has 0 amide bonds. The molecule has 0 aliphatic rings. The zero-order valence-corrected chi connectivity index (χ0v) is 11.3. The maximum Gasteiger partial charge on any atom is 0.573 e. The lowest BCUT2D eigenvalue weighted by atomic mass is 10.0. The summed E-state index contributed by atoms with van der Waals surface area (Å²) < 4.78 is 45.1. The molecule has 0 fully saturated rings. The van der Waals surface area contributed by atoms with Crippen molar-refractivity contribution in [3.05, 3.63) is 48.0 Å². The Labute approximate surface area is 123 Å². The van der Waals surface area contributed by atoms with Gasteiger partial charge in [0.2, 0.25) is 0 Å². The highest BCUT2D eigenvalue weighted by Gasteiger charge is 2.31. The lowest BCUT2D eigenvalue weighted by Crippen LogP contribution is -2.17. The summed E-state index contributed by atoms with van der Waals surface area (Å²) in [5.41, 5.74) is 0.377. The normalized spacial score (nSPS) is 11.1. The van der Waals surface area contributed by atoms with Crippen molar-refractivity contribution in [2.45, 2.75) is 6.36 Å². The van der Waals surface area contributed by atoms with Gasteiger partial charge in [-0.3, -0.25) is 0 Å². The van der Waals surface area contributed by atoms with E-state index in [4.69, 9.17) is 0 Å². The van der Waals surface area contributed by atoms with E-state index in [2.05, 4.69) is 9.47 Å². The number of esters is 1. The summed E-state index contributed by atoms with van der Waals surface area (Å²) in [6, 6.07) is 9.38. The second-order valence-corrected chi connectivity index (χ2v) is 4.27. The SMILES string of the molecule is COC(=O)c1cccc(-c2cccc(OC(F)(F)F)c2)c1O. The fourth-order valence-corrected chi connectivity index (χ4v) is 1.91. The van der Waals surface area contributed by atoms with Crippen LogP contribution in [0.2, 0.25) is 0 Å². The molecule has 0 atom stereocenters. The van der Waals surface area contributed by atoms with Crippen molar-refractivity contribution in [2.75, 3.05) is 7.11 Å². The molecule has 0 radical (unpaired) electrons. The van der Waals surface area contributed by atoms with Gasteiger partial charge in [-0.05, 0) is 23.8 Å². The maximum absolute atomic E-state index is 12.2. The number of carbonyl (C=O) groups excluding carboxylic acids is 1. The van der Waals surface area contributed by atoms with Crippen LogP contribution in [0.5, 0.6) is 11.5 Å². The molecule has 116 valence electrons. The van der Waals surface area contributed by atoms with Crippen LogP contribution in [0.3, 0.4) is 0 Å². The predicted molar refractivity (Wildman–Crippen MR) is 71.6 cm³/mol. The monoisotopic (exact) mass is 312 g/mol. The van der Waals surface area contributed by atoms with Crippen LogP contribution in [0.25, 0.3) is 11.1 Å². The number of halogens is 3. The Morgan fingerprint density at radius 3 is 2.45 bits per heavy atom. The first kappa shape index (κ1) is 15.7. The van der Waals surface area contributed by atoms with Gasteiger partial charge in [-0.15, -0.1) is 13.2 Å². The summed E-state index contributed by atoms with van der Waals surface area (Å²) in [7, 11) is 1.16. The molecule has 22 heavy (non-hydrogen) atoms. The van der Waals surface area contributed by atoms with Crippen LogP contribution >= 0.6 is 0 Å². The summed E-state index contributed by atoms with van der Waals surface area (Å²) in [5.74, 6) is -1.55. The Morgan fingerprint density at radius 1 is 1.14 bits per heavy atom. The van der Waals surface area contributed by atoms with Crippen molar-refractivity contribution in [2.24, 2.45) is 0 Å². The molecule has 0 aliphatic carbocycles. The van der Waals surface area contributed by atoms with E-state index in [0.29, 0.717) is 0 Å². The van der Waals surface area contributed by atoms with Gasteiger partial charge in [0.25, 0.3) is 0 Å². The Bertz CT molecular complexity index is 695. The maximum atomic E-state index is 12.2. The minimum atomic E-state index is -4.81. The molecular formula is C15H11F3O4. The lowest BCUT2D eigenvalue weighted by Gasteiger charge is -2.12. The summed E-state index contributed by atoms with van der Waals surface area (Å²) >= 11 is 0. The van der Waals surface area contributed by atoms with E-state index in [9.17, 15) is 23.1 Å². The molecule has 0 saturated heterocycles. The number of hydrogen-bond donors (Lipinski definition) is 1. The highest BCUT2D eigenvalue weighted by molar-refractivity contribution is 5.95. The van der Waals surface area contributed by atoms with Gasteiger partial charge in [-0.1, -0.05) is 24.3 Å². The molecule has 2 aromatic rings. The molecular weight excluding hydrogens is 301 g/mol. The molecule has 4 nitrogen and oxygen atoms in total. The molecule has 0 heterocycles. The van der Waals surface area contributed by atoms with Crippen molar-refractivity contribution in [3.63, 3.8) is 0 Å². The van der Waals surface area contributed by atoms with E-state index < -0.39 is 18.1 Å². The van der Waals surface area contributed by atoms with E-state index in [1.807, 2.05) is 0 Å². The summed E-state index contributed by atoms with van der Waals surface area (Å²) in [4.78, 5) is 11.5. The number of alkyl halides is 3. The predicted octanol–water partition coefficient (Wildman–Crippen LogP) is 3.74. The van der Waals surface area contributed by atoms with Gasteiger partial charge < -0.3 is 14.6 Å². The standard InChI is InChI=1S/C15H11F3O4/c1-21-14(20)12-7-3-6-11(13(12)19)9-4-2-5-10(8-9)22-15(16,17)18/h2-8,19H,1H3. The highest BCUT2D eigenvalue weighted by atomic mass is 19.4. The second kappa shape index (κ2) is 5.97. The summed E-state index contributed by atoms with van der Waals surface area (Å²) in [6.45, 7) is 0. The number of ether oxygens (including phenoxy) is 2. The molecule has 2 aromatic carbocycles. The third-order valence-electron chi connectivity index (χ3n) is 2.82. The smallest absolute Gasteiger partial charge is 0.506 e. The lowest BCUT2D eigenvalue weighted by molar-refractivity contribution is -0.274. The molecule has 0 unspecified atom stereocenters. The number of carbonyl (C=O) groups is 1. The molecule has 1 N–H and O–H groups in total. The Kier molecular flexibility index (Phi) is 4.25. The second-order valence-electron chi connectivity index (χ2n) is 4.27. The first-order valence-corrected chi connectivity index (χ1v) is 6.08. The molecule has 0 aliphatic heterocycles. The molecule has 0 saturated carbocycles. The van der Waals surface area contributed by atoms with Gasteiger partial charge in [0.1, 0.15) is 17.1 Å². The van der Waals surface area contributed by atoms with E-state index in [1.54, 1.807) is 0 Å². The van der Waals surface area contributed by atoms with Crippen LogP contribution in [0.1, 0.15) is 10.4 Å². The van der Waals surface area contributed by atoms with Crippen LogP contribution < -0.4 is 4.74 Å². The van der Waals surface area contributed by atoms with Crippen LogP contribution in [0, 0.1) is 0 Å². The van der Waals surface area contributed by atoms with Gasteiger partial charge in [0.15, 0.2) is 0 Å². The molecule has 0 bridgehead atoms. The quantitative estimate of drug-likeness (QED) is 0.877. The number of para-hydroxylation sites is 1. The average Bonchev–Trinajstić information content (AvgIpc) is 2.45. The van der Waals surface area contributed by atoms with Crippen LogP contribution in [0.4, 0.5) is 13.2 Å². The Morgan fingerprint density at radius 2 is 1.82 bits per heavy atom. The molecule has 2 rings (SSSR count). The van der Waals surface area contributed by atoms with Crippen molar-refractivity contribution in [3.8, 4) is 22.6 Å². The van der Waals surface area contributed by atoms with E-state index >= 15 is 0 Å². The Hall–Kier alpha value is -2.70. The van der Waals surface area contributed by atoms with Crippen molar-refractivity contribution in [1.82, 2.24) is 0 Å². The van der Waals surface area contributed by atoms with Crippen LogP contribution in [-0.2, 0) is 4.74 Å². The number of phenolic OH excluding ortho intramolecular Hbond substituents is 1. The highest BCUT2D eigenvalue weighted by Crippen LogP contribution is 2.35. The minimum Gasteiger partial charge on any atom is -0.506 e. The van der Waals surface area contributed by atoms with Crippen molar-refractivity contribution < 1.29 is 32.5 Å². The number of aromatic hydroxyl groups is 1. The third kappa shape index (κ3) is 3.49. The largest absolute Gasteiger partial charge is 0.573 e. The number of methoxy groups -OCH3 is 1. The first-order chi connectivity index (χ1) is 10.3. The summed E-state index contributed by atoms with van der Waals surface area (Å²) in [6.07, 6.45) is -4.81. The zero-order valence-electron chi connectivity index (χ0n) is 11.3.